The molecule has 0 atom stereocenters. The fraction of sp³-hybridized carbons (Fsp3) is 0.333. The summed E-state index contributed by atoms with van der Waals surface area (Å²) in [5, 5.41) is 5.32. The molecule has 1 aromatic rings. The molecule has 1 rings (SSSR count). The maximum absolute atomic E-state index is 11.3. The molecule has 0 unspecified atom stereocenters. The highest BCUT2D eigenvalue weighted by atomic mass is 16.2. The number of rotatable bonds is 4. The van der Waals surface area contributed by atoms with E-state index in [1.807, 2.05) is 19.1 Å². The van der Waals surface area contributed by atoms with Crippen LogP contribution in [-0.2, 0) is 11.3 Å². The Kier molecular flexibility index (Phi) is 4.51. The van der Waals surface area contributed by atoms with Crippen LogP contribution < -0.4 is 10.6 Å². The molecule has 0 saturated heterocycles. The van der Waals surface area contributed by atoms with Crippen molar-refractivity contribution in [3.05, 3.63) is 35.4 Å². The Bertz CT molecular complexity index is 371. The first-order chi connectivity index (χ1) is 7.67. The van der Waals surface area contributed by atoms with Crippen molar-refractivity contribution in [3.8, 4) is 0 Å². The lowest BCUT2D eigenvalue weighted by atomic mass is 10.1. The van der Waals surface area contributed by atoms with Crippen LogP contribution in [0.25, 0.3) is 0 Å². The van der Waals surface area contributed by atoms with E-state index < -0.39 is 0 Å². The second kappa shape index (κ2) is 5.90. The Morgan fingerprint density at radius 1 is 1.19 bits per heavy atom. The molecular formula is C12H16N2O2. The lowest BCUT2D eigenvalue weighted by Crippen LogP contribution is -2.21. The van der Waals surface area contributed by atoms with Crippen molar-refractivity contribution in [2.75, 3.05) is 7.05 Å². The summed E-state index contributed by atoms with van der Waals surface area (Å²) in [5.74, 6) is -0.0838. The summed E-state index contributed by atoms with van der Waals surface area (Å²) in [6.07, 6.45) is 0.482. The average Bonchev–Trinajstić information content (AvgIpc) is 2.35. The fourth-order valence-corrected chi connectivity index (χ4v) is 1.24. The van der Waals surface area contributed by atoms with Gasteiger partial charge in [-0.05, 0) is 17.7 Å². The number of hydrogen-bond donors (Lipinski definition) is 2. The van der Waals surface area contributed by atoms with Gasteiger partial charge in [-0.1, -0.05) is 19.1 Å². The van der Waals surface area contributed by atoms with Gasteiger partial charge in [0.15, 0.2) is 0 Å². The number of carbonyl (C=O) groups is 2. The summed E-state index contributed by atoms with van der Waals surface area (Å²) in [6.45, 7) is 2.31. The molecule has 2 amide bonds. The molecule has 0 heterocycles. The van der Waals surface area contributed by atoms with Gasteiger partial charge in [0.2, 0.25) is 5.91 Å². The SMILES string of the molecule is CCC(=O)NCc1ccc(C(=O)NC)cc1. The van der Waals surface area contributed by atoms with E-state index in [2.05, 4.69) is 10.6 Å². The summed E-state index contributed by atoms with van der Waals surface area (Å²) in [6, 6.07) is 7.15. The fourth-order valence-electron chi connectivity index (χ4n) is 1.24. The molecule has 0 spiro atoms. The molecule has 86 valence electrons. The zero-order valence-electron chi connectivity index (χ0n) is 9.54. The van der Waals surface area contributed by atoms with Crippen LogP contribution in [0.2, 0.25) is 0 Å². The minimum Gasteiger partial charge on any atom is -0.355 e. The molecule has 16 heavy (non-hydrogen) atoms. The number of amides is 2. The average molecular weight is 220 g/mol. The molecule has 4 nitrogen and oxygen atoms in total. The molecule has 2 N–H and O–H groups in total. The highest BCUT2D eigenvalue weighted by Gasteiger charge is 2.02. The molecule has 0 radical (unpaired) electrons. The topological polar surface area (TPSA) is 58.2 Å². The summed E-state index contributed by atoms with van der Waals surface area (Å²) in [4.78, 5) is 22.3. The van der Waals surface area contributed by atoms with Gasteiger partial charge in [0.25, 0.3) is 5.91 Å². The van der Waals surface area contributed by atoms with Gasteiger partial charge in [-0.15, -0.1) is 0 Å². The van der Waals surface area contributed by atoms with Crippen molar-refractivity contribution >= 4 is 11.8 Å². The molecule has 0 aliphatic rings. The third-order valence-corrected chi connectivity index (χ3v) is 2.25. The normalized spacial score (nSPS) is 9.62. The van der Waals surface area contributed by atoms with Crippen molar-refractivity contribution < 1.29 is 9.59 Å². The van der Waals surface area contributed by atoms with E-state index in [9.17, 15) is 9.59 Å². The minimum absolute atomic E-state index is 0.0235. The maximum atomic E-state index is 11.3. The molecule has 0 aromatic heterocycles. The van der Waals surface area contributed by atoms with E-state index in [-0.39, 0.29) is 11.8 Å². The van der Waals surface area contributed by atoms with Crippen LogP contribution in [0.15, 0.2) is 24.3 Å². The van der Waals surface area contributed by atoms with Crippen LogP contribution in [0.3, 0.4) is 0 Å². The quantitative estimate of drug-likeness (QED) is 0.797. The van der Waals surface area contributed by atoms with Gasteiger partial charge in [-0.3, -0.25) is 9.59 Å². The van der Waals surface area contributed by atoms with Gasteiger partial charge >= 0.3 is 0 Å². The predicted molar refractivity (Wildman–Crippen MR) is 62.0 cm³/mol. The van der Waals surface area contributed by atoms with E-state index in [0.29, 0.717) is 18.5 Å². The highest BCUT2D eigenvalue weighted by Crippen LogP contribution is 2.04. The Morgan fingerprint density at radius 2 is 1.81 bits per heavy atom. The van der Waals surface area contributed by atoms with Crippen molar-refractivity contribution in [3.63, 3.8) is 0 Å². The smallest absolute Gasteiger partial charge is 0.251 e. The molecule has 0 fully saturated rings. The van der Waals surface area contributed by atoms with Crippen molar-refractivity contribution in [1.29, 1.82) is 0 Å². The lowest BCUT2D eigenvalue weighted by molar-refractivity contribution is -0.120. The van der Waals surface area contributed by atoms with Gasteiger partial charge in [-0.2, -0.15) is 0 Å². The van der Waals surface area contributed by atoms with E-state index in [4.69, 9.17) is 0 Å². The van der Waals surface area contributed by atoms with Gasteiger partial charge in [-0.25, -0.2) is 0 Å². The first-order valence-electron chi connectivity index (χ1n) is 5.25. The van der Waals surface area contributed by atoms with Crippen LogP contribution in [-0.4, -0.2) is 18.9 Å². The Labute approximate surface area is 95.0 Å². The van der Waals surface area contributed by atoms with Crippen molar-refractivity contribution in [2.24, 2.45) is 0 Å². The van der Waals surface area contributed by atoms with Crippen LogP contribution in [0, 0.1) is 0 Å². The number of benzene rings is 1. The second-order valence-corrected chi connectivity index (χ2v) is 3.41. The van der Waals surface area contributed by atoms with E-state index in [1.165, 1.54) is 0 Å². The maximum Gasteiger partial charge on any atom is 0.251 e. The van der Waals surface area contributed by atoms with Gasteiger partial charge in [0.1, 0.15) is 0 Å². The second-order valence-electron chi connectivity index (χ2n) is 3.41. The monoisotopic (exact) mass is 220 g/mol. The molecule has 0 saturated carbocycles. The number of nitrogens with one attached hydrogen (secondary N) is 2. The van der Waals surface area contributed by atoms with Crippen molar-refractivity contribution in [1.82, 2.24) is 10.6 Å². The Hall–Kier alpha value is -1.84. The summed E-state index contributed by atoms with van der Waals surface area (Å²) < 4.78 is 0. The first-order valence-corrected chi connectivity index (χ1v) is 5.25. The molecule has 1 aromatic carbocycles. The van der Waals surface area contributed by atoms with E-state index in [1.54, 1.807) is 19.2 Å². The molecule has 4 heteroatoms. The van der Waals surface area contributed by atoms with E-state index in [0.717, 1.165) is 5.56 Å². The molecular weight excluding hydrogens is 204 g/mol. The highest BCUT2D eigenvalue weighted by molar-refractivity contribution is 5.93. The first kappa shape index (κ1) is 12.2. The Morgan fingerprint density at radius 3 is 2.31 bits per heavy atom. The zero-order chi connectivity index (χ0) is 12.0. The van der Waals surface area contributed by atoms with Crippen molar-refractivity contribution in [2.45, 2.75) is 19.9 Å². The van der Waals surface area contributed by atoms with Gasteiger partial charge in [0, 0.05) is 25.6 Å². The van der Waals surface area contributed by atoms with Gasteiger partial charge in [0.05, 0.1) is 0 Å². The predicted octanol–water partition coefficient (Wildman–Crippen LogP) is 1.07. The van der Waals surface area contributed by atoms with E-state index >= 15 is 0 Å². The molecule has 0 aliphatic heterocycles. The summed E-state index contributed by atoms with van der Waals surface area (Å²) >= 11 is 0. The lowest BCUT2D eigenvalue weighted by Gasteiger charge is -2.04. The molecule has 0 aliphatic carbocycles. The zero-order valence-corrected chi connectivity index (χ0v) is 9.54. The largest absolute Gasteiger partial charge is 0.355 e. The van der Waals surface area contributed by atoms with Crippen LogP contribution >= 0.6 is 0 Å². The summed E-state index contributed by atoms with van der Waals surface area (Å²) in [7, 11) is 1.59. The van der Waals surface area contributed by atoms with Crippen LogP contribution in [0.5, 0.6) is 0 Å². The van der Waals surface area contributed by atoms with Crippen LogP contribution in [0.4, 0.5) is 0 Å². The molecule has 0 bridgehead atoms. The van der Waals surface area contributed by atoms with Gasteiger partial charge < -0.3 is 10.6 Å². The summed E-state index contributed by atoms with van der Waals surface area (Å²) in [5.41, 5.74) is 1.60. The van der Waals surface area contributed by atoms with Crippen LogP contribution in [0.1, 0.15) is 29.3 Å². The third kappa shape index (κ3) is 3.38. The minimum atomic E-state index is -0.107. The number of carbonyl (C=O) groups excluding carboxylic acids is 2. The third-order valence-electron chi connectivity index (χ3n) is 2.25. The number of hydrogen-bond acceptors (Lipinski definition) is 2. The Balaban J connectivity index is 2.58. The standard InChI is InChI=1S/C12H16N2O2/c1-3-11(15)14-8-9-4-6-10(7-5-9)12(16)13-2/h4-7H,3,8H2,1-2H3,(H,13,16)(H,14,15).